The number of carbonyl (C=O) groups is 1. The Bertz CT molecular complexity index is 718. The highest BCUT2D eigenvalue weighted by Gasteiger charge is 2.26. The lowest BCUT2D eigenvalue weighted by Crippen LogP contribution is -2.50. The molecule has 0 bridgehead atoms. The summed E-state index contributed by atoms with van der Waals surface area (Å²) >= 11 is 0. The van der Waals surface area contributed by atoms with E-state index < -0.39 is 18.2 Å². The van der Waals surface area contributed by atoms with Gasteiger partial charge in [-0.15, -0.1) is 0 Å². The first-order valence-corrected chi connectivity index (χ1v) is 24.8. The summed E-state index contributed by atoms with van der Waals surface area (Å²) in [6.07, 6.45) is 52.5. The molecule has 5 nitrogen and oxygen atoms in total. The molecule has 0 aromatic rings. The number of unbranched alkanes of at least 4 members (excludes halogenated alkanes) is 38. The Kier molecular flexibility index (Phi) is 44.5. The molecule has 0 heterocycles. The lowest BCUT2D eigenvalue weighted by Gasteiger charge is -2.26. The molecule has 0 saturated carbocycles. The van der Waals surface area contributed by atoms with Crippen molar-refractivity contribution in [2.45, 2.75) is 302 Å². The van der Waals surface area contributed by atoms with Gasteiger partial charge in [0.1, 0.15) is 6.10 Å². The van der Waals surface area contributed by atoms with Crippen molar-refractivity contribution in [2.24, 2.45) is 0 Å². The zero-order valence-corrected chi connectivity index (χ0v) is 36.9. The van der Waals surface area contributed by atoms with E-state index in [1.54, 1.807) is 0 Å². The van der Waals surface area contributed by atoms with Gasteiger partial charge in [0, 0.05) is 6.42 Å². The number of carbonyl (C=O) groups excluding carboxylic acids is 1. The van der Waals surface area contributed by atoms with Crippen LogP contribution in [0.5, 0.6) is 0 Å². The molecule has 0 fully saturated rings. The van der Waals surface area contributed by atoms with Gasteiger partial charge in [-0.1, -0.05) is 264 Å². The van der Waals surface area contributed by atoms with Gasteiger partial charge in [-0.25, -0.2) is 0 Å². The number of nitrogens with one attached hydrogen (secondary N) is 1. The quantitative estimate of drug-likeness (QED) is 0.0465. The van der Waals surface area contributed by atoms with E-state index in [9.17, 15) is 20.1 Å². The highest BCUT2D eigenvalue weighted by Crippen LogP contribution is 2.18. The summed E-state index contributed by atoms with van der Waals surface area (Å²) in [4.78, 5) is 12.4. The highest BCUT2D eigenvalue weighted by atomic mass is 16.3. The second-order valence-corrected chi connectivity index (χ2v) is 17.4. The number of hydrogen-bond acceptors (Lipinski definition) is 4. The monoisotopic (exact) mass is 766 g/mol. The minimum absolute atomic E-state index is 0.139. The maximum absolute atomic E-state index is 12.4. The van der Waals surface area contributed by atoms with Crippen molar-refractivity contribution in [3.63, 3.8) is 0 Å². The second kappa shape index (κ2) is 45.1. The molecule has 0 aliphatic heterocycles. The fraction of sp³-hybridized carbons (Fsp3) is 0.980. The molecule has 0 radical (unpaired) electrons. The normalized spacial score (nSPS) is 13.4. The van der Waals surface area contributed by atoms with Gasteiger partial charge >= 0.3 is 0 Å². The average molecular weight is 766 g/mol. The lowest BCUT2D eigenvalue weighted by atomic mass is 9.99. The van der Waals surface area contributed by atoms with E-state index in [1.165, 1.54) is 218 Å². The van der Waals surface area contributed by atoms with Crippen molar-refractivity contribution in [2.75, 3.05) is 6.61 Å². The molecule has 0 aromatic carbocycles. The summed E-state index contributed by atoms with van der Waals surface area (Å²) in [6.45, 7) is 4.18. The predicted molar refractivity (Wildman–Crippen MR) is 236 cm³/mol. The molecule has 0 rings (SSSR count). The van der Waals surface area contributed by atoms with E-state index in [1.807, 2.05) is 0 Å². The maximum Gasteiger partial charge on any atom is 0.220 e. The standard InChI is InChI=1S/C49H99NO4/c1-3-5-7-9-11-13-15-16-17-18-19-20-21-22-23-24-25-26-27-28-29-30-31-32-33-34-36-38-40-42-44-48(53)50-46(45-51)49(54)47(52)43-41-39-37-35-14-12-10-8-6-4-2/h46-47,49,51-52,54H,3-45H2,1-2H3,(H,50,53)/t46-,47+,49-/m0/s1. The molecule has 0 aromatic heterocycles. The van der Waals surface area contributed by atoms with Crippen molar-refractivity contribution in [3.8, 4) is 0 Å². The number of aliphatic hydroxyl groups is 3. The number of aliphatic hydroxyl groups excluding tert-OH is 3. The molecule has 0 spiro atoms. The van der Waals surface area contributed by atoms with E-state index in [-0.39, 0.29) is 12.5 Å². The van der Waals surface area contributed by atoms with Gasteiger partial charge in [-0.3, -0.25) is 4.79 Å². The van der Waals surface area contributed by atoms with Crippen molar-refractivity contribution in [3.05, 3.63) is 0 Å². The summed E-state index contributed by atoms with van der Waals surface area (Å²) in [7, 11) is 0. The number of rotatable bonds is 46. The Morgan fingerprint density at radius 3 is 0.889 bits per heavy atom. The zero-order chi connectivity index (χ0) is 39.4. The van der Waals surface area contributed by atoms with Crippen LogP contribution in [0.25, 0.3) is 0 Å². The minimum atomic E-state index is -1.13. The van der Waals surface area contributed by atoms with Crippen molar-refractivity contribution in [1.82, 2.24) is 5.32 Å². The molecule has 3 atom stereocenters. The summed E-state index contributed by atoms with van der Waals surface area (Å²) in [5.74, 6) is -0.139. The van der Waals surface area contributed by atoms with Crippen LogP contribution >= 0.6 is 0 Å². The Morgan fingerprint density at radius 2 is 0.630 bits per heavy atom. The Hall–Kier alpha value is -0.650. The van der Waals surface area contributed by atoms with Crippen LogP contribution in [0, 0.1) is 0 Å². The molecule has 0 aliphatic rings. The first kappa shape index (κ1) is 53.4. The van der Waals surface area contributed by atoms with Crippen molar-refractivity contribution < 1.29 is 20.1 Å². The SMILES string of the molecule is CCCCCCCCCCCCCCCCCCCCCCCCCCCCCCCCC(=O)N[C@@H](CO)[C@H](O)[C@H](O)CCCCCCCCCCCC. The lowest BCUT2D eigenvalue weighted by molar-refractivity contribution is -0.124. The first-order chi connectivity index (χ1) is 26.6. The summed E-state index contributed by atoms with van der Waals surface area (Å²) in [5.41, 5.74) is 0. The topological polar surface area (TPSA) is 89.8 Å². The summed E-state index contributed by atoms with van der Waals surface area (Å²) in [6, 6.07) is -0.802. The van der Waals surface area contributed by atoms with E-state index >= 15 is 0 Å². The third-order valence-electron chi connectivity index (χ3n) is 12.0. The van der Waals surface area contributed by atoms with Crippen LogP contribution in [0.3, 0.4) is 0 Å². The molecule has 0 saturated heterocycles. The molecule has 0 unspecified atom stereocenters. The second-order valence-electron chi connectivity index (χ2n) is 17.4. The molecule has 0 aliphatic carbocycles. The highest BCUT2D eigenvalue weighted by molar-refractivity contribution is 5.76. The van der Waals surface area contributed by atoms with Gasteiger partial charge < -0.3 is 20.6 Å². The van der Waals surface area contributed by atoms with Gasteiger partial charge in [-0.05, 0) is 12.8 Å². The molecule has 4 N–H and O–H groups in total. The largest absolute Gasteiger partial charge is 0.394 e. The van der Waals surface area contributed by atoms with Gasteiger partial charge in [-0.2, -0.15) is 0 Å². The molecular weight excluding hydrogens is 667 g/mol. The maximum atomic E-state index is 12.4. The zero-order valence-electron chi connectivity index (χ0n) is 36.9. The molecule has 324 valence electrons. The van der Waals surface area contributed by atoms with Crippen LogP contribution in [0.2, 0.25) is 0 Å². The van der Waals surface area contributed by atoms with E-state index in [2.05, 4.69) is 19.2 Å². The van der Waals surface area contributed by atoms with Crippen LogP contribution in [0.4, 0.5) is 0 Å². The van der Waals surface area contributed by atoms with E-state index in [4.69, 9.17) is 0 Å². The van der Waals surface area contributed by atoms with Crippen molar-refractivity contribution >= 4 is 5.91 Å². The molecular formula is C49H99NO4. The van der Waals surface area contributed by atoms with Gasteiger partial charge in [0.15, 0.2) is 0 Å². The van der Waals surface area contributed by atoms with Gasteiger partial charge in [0.25, 0.3) is 0 Å². The van der Waals surface area contributed by atoms with E-state index in [0.29, 0.717) is 12.8 Å². The average Bonchev–Trinajstić information content (AvgIpc) is 3.18. The molecule has 1 amide bonds. The third-order valence-corrected chi connectivity index (χ3v) is 12.0. The van der Waals surface area contributed by atoms with Gasteiger partial charge in [0.05, 0.1) is 18.8 Å². The smallest absolute Gasteiger partial charge is 0.220 e. The summed E-state index contributed by atoms with van der Waals surface area (Å²) in [5, 5.41) is 33.5. The van der Waals surface area contributed by atoms with Crippen LogP contribution in [-0.2, 0) is 4.79 Å². The fourth-order valence-electron chi connectivity index (χ4n) is 8.11. The number of hydrogen-bond donors (Lipinski definition) is 4. The minimum Gasteiger partial charge on any atom is -0.394 e. The number of amides is 1. The Balaban J connectivity index is 3.43. The predicted octanol–water partition coefficient (Wildman–Crippen LogP) is 14.6. The fourth-order valence-corrected chi connectivity index (χ4v) is 8.11. The first-order valence-electron chi connectivity index (χ1n) is 24.8. The Morgan fingerprint density at radius 1 is 0.389 bits per heavy atom. The van der Waals surface area contributed by atoms with Crippen molar-refractivity contribution in [1.29, 1.82) is 0 Å². The summed E-state index contributed by atoms with van der Waals surface area (Å²) < 4.78 is 0. The Labute approximate surface area is 338 Å². The molecule has 5 heteroatoms. The van der Waals surface area contributed by atoms with Crippen LogP contribution < -0.4 is 5.32 Å². The van der Waals surface area contributed by atoms with Crippen LogP contribution in [-0.4, -0.2) is 46.1 Å². The van der Waals surface area contributed by atoms with Crippen LogP contribution in [0.15, 0.2) is 0 Å². The third kappa shape index (κ3) is 39.6. The van der Waals surface area contributed by atoms with Crippen LogP contribution in [0.1, 0.15) is 284 Å². The van der Waals surface area contributed by atoms with E-state index in [0.717, 1.165) is 38.5 Å². The molecule has 54 heavy (non-hydrogen) atoms. The van der Waals surface area contributed by atoms with Gasteiger partial charge in [0.2, 0.25) is 5.91 Å².